The van der Waals surface area contributed by atoms with Gasteiger partial charge in [-0.3, -0.25) is 9.69 Å². The van der Waals surface area contributed by atoms with Crippen molar-refractivity contribution in [2.75, 3.05) is 33.0 Å². The van der Waals surface area contributed by atoms with Crippen molar-refractivity contribution in [3.8, 4) is 23.3 Å². The smallest absolute Gasteiger partial charge is 0.253 e. The molecule has 160 valence electrons. The van der Waals surface area contributed by atoms with Crippen LogP contribution in [0.2, 0.25) is 0 Å². The lowest BCUT2D eigenvalue weighted by Crippen LogP contribution is -2.48. The maximum absolute atomic E-state index is 12.9. The quantitative estimate of drug-likeness (QED) is 0.601. The van der Waals surface area contributed by atoms with Gasteiger partial charge in [0, 0.05) is 49.4 Å². The van der Waals surface area contributed by atoms with Crippen LogP contribution >= 0.6 is 0 Å². The van der Waals surface area contributed by atoms with Crippen molar-refractivity contribution < 1.29 is 14.3 Å². The van der Waals surface area contributed by atoms with Crippen molar-refractivity contribution >= 4 is 5.91 Å². The van der Waals surface area contributed by atoms with Crippen LogP contribution in [0, 0.1) is 11.8 Å². The van der Waals surface area contributed by atoms with E-state index in [9.17, 15) is 4.79 Å². The molecule has 0 unspecified atom stereocenters. The Hall–Kier alpha value is -3.75. The summed E-state index contributed by atoms with van der Waals surface area (Å²) in [7, 11) is 0. The summed E-state index contributed by atoms with van der Waals surface area (Å²) in [5.74, 6) is 8.00. The number of carbonyl (C=O) groups excluding carboxylic acids is 1. The van der Waals surface area contributed by atoms with E-state index >= 15 is 0 Å². The Labute approximate surface area is 188 Å². The van der Waals surface area contributed by atoms with Gasteiger partial charge in [-0.2, -0.15) is 0 Å². The molecule has 0 spiro atoms. The first-order chi connectivity index (χ1) is 15.7. The van der Waals surface area contributed by atoms with Crippen LogP contribution in [0.1, 0.15) is 27.0 Å². The van der Waals surface area contributed by atoms with Crippen molar-refractivity contribution in [1.29, 1.82) is 0 Å². The van der Waals surface area contributed by atoms with Gasteiger partial charge in [0.15, 0.2) is 11.5 Å². The van der Waals surface area contributed by atoms with Crippen molar-refractivity contribution in [2.45, 2.75) is 6.54 Å². The number of ether oxygens (including phenoxy) is 2. The van der Waals surface area contributed by atoms with Gasteiger partial charge in [0.1, 0.15) is 0 Å². The number of hydrogen-bond donors (Lipinski definition) is 0. The Kier molecular flexibility index (Phi) is 5.78. The van der Waals surface area contributed by atoms with Crippen LogP contribution in [0.15, 0.2) is 72.8 Å². The van der Waals surface area contributed by atoms with Gasteiger partial charge in [0.2, 0.25) is 6.79 Å². The predicted octanol–water partition coefficient (Wildman–Crippen LogP) is 3.77. The van der Waals surface area contributed by atoms with Crippen LogP contribution in [0.4, 0.5) is 0 Å². The van der Waals surface area contributed by atoms with E-state index in [2.05, 4.69) is 22.8 Å². The van der Waals surface area contributed by atoms with E-state index in [1.165, 1.54) is 5.56 Å². The molecule has 2 aliphatic heterocycles. The average Bonchev–Trinajstić information content (AvgIpc) is 3.32. The molecule has 1 saturated heterocycles. The van der Waals surface area contributed by atoms with Gasteiger partial charge < -0.3 is 14.4 Å². The molecule has 3 aromatic carbocycles. The molecular weight excluding hydrogens is 400 g/mol. The molecule has 5 nitrogen and oxygen atoms in total. The minimum absolute atomic E-state index is 0.0790. The van der Waals surface area contributed by atoms with Crippen LogP contribution in [-0.2, 0) is 6.54 Å². The van der Waals surface area contributed by atoms with E-state index in [4.69, 9.17) is 9.47 Å². The molecule has 0 radical (unpaired) electrons. The Morgan fingerprint density at radius 3 is 2.22 bits per heavy atom. The number of piperazine rings is 1. The summed E-state index contributed by atoms with van der Waals surface area (Å²) in [4.78, 5) is 17.2. The molecule has 0 N–H and O–H groups in total. The standard InChI is InChI=1S/C27H24N2O3/c30-27(24-11-8-22(9-12-24)7-6-21-4-2-1-3-5-21)29-16-14-28(15-17-29)19-23-10-13-25-26(18-23)32-20-31-25/h1-5,8-13,18H,14-17,19-20H2. The lowest BCUT2D eigenvalue weighted by Gasteiger charge is -2.34. The number of rotatable bonds is 3. The minimum Gasteiger partial charge on any atom is -0.454 e. The molecule has 0 atom stereocenters. The Morgan fingerprint density at radius 1 is 0.781 bits per heavy atom. The van der Waals surface area contributed by atoms with E-state index in [0.717, 1.165) is 55.3 Å². The summed E-state index contributed by atoms with van der Waals surface area (Å²) in [6, 6.07) is 23.5. The third-order valence-corrected chi connectivity index (χ3v) is 5.76. The summed E-state index contributed by atoms with van der Waals surface area (Å²) >= 11 is 0. The zero-order valence-electron chi connectivity index (χ0n) is 17.8. The van der Waals surface area contributed by atoms with Crippen LogP contribution < -0.4 is 9.47 Å². The molecule has 32 heavy (non-hydrogen) atoms. The molecular formula is C27H24N2O3. The van der Waals surface area contributed by atoms with Gasteiger partial charge in [-0.15, -0.1) is 0 Å². The summed E-state index contributed by atoms with van der Waals surface area (Å²) < 4.78 is 10.8. The molecule has 0 saturated carbocycles. The molecule has 3 aromatic rings. The maximum atomic E-state index is 12.9. The van der Waals surface area contributed by atoms with Gasteiger partial charge in [0.25, 0.3) is 5.91 Å². The monoisotopic (exact) mass is 424 g/mol. The topological polar surface area (TPSA) is 42.0 Å². The fourth-order valence-corrected chi connectivity index (χ4v) is 3.95. The summed E-state index contributed by atoms with van der Waals surface area (Å²) in [5, 5.41) is 0. The van der Waals surface area contributed by atoms with E-state index in [1.807, 2.05) is 71.6 Å². The highest BCUT2D eigenvalue weighted by molar-refractivity contribution is 5.94. The largest absolute Gasteiger partial charge is 0.454 e. The maximum Gasteiger partial charge on any atom is 0.253 e. The molecule has 0 bridgehead atoms. The van der Waals surface area contributed by atoms with E-state index < -0.39 is 0 Å². The Bertz CT molecular complexity index is 1160. The van der Waals surface area contributed by atoms with Crippen molar-refractivity contribution in [2.24, 2.45) is 0 Å². The molecule has 0 aliphatic carbocycles. The van der Waals surface area contributed by atoms with Crippen LogP contribution in [0.25, 0.3) is 0 Å². The first-order valence-electron chi connectivity index (χ1n) is 10.8. The highest BCUT2D eigenvalue weighted by atomic mass is 16.7. The van der Waals surface area contributed by atoms with Crippen LogP contribution in [0.5, 0.6) is 11.5 Å². The van der Waals surface area contributed by atoms with Crippen LogP contribution in [0.3, 0.4) is 0 Å². The number of nitrogens with zero attached hydrogens (tertiary/aromatic N) is 2. The molecule has 0 aromatic heterocycles. The zero-order chi connectivity index (χ0) is 21.8. The Morgan fingerprint density at radius 2 is 1.47 bits per heavy atom. The summed E-state index contributed by atoms with van der Waals surface area (Å²) in [6.45, 7) is 4.27. The van der Waals surface area contributed by atoms with Gasteiger partial charge in [-0.1, -0.05) is 36.1 Å². The lowest BCUT2D eigenvalue weighted by atomic mass is 10.1. The van der Waals surface area contributed by atoms with E-state index in [-0.39, 0.29) is 5.91 Å². The fourth-order valence-electron chi connectivity index (χ4n) is 3.95. The average molecular weight is 425 g/mol. The van der Waals surface area contributed by atoms with Gasteiger partial charge >= 0.3 is 0 Å². The highest BCUT2D eigenvalue weighted by Crippen LogP contribution is 2.32. The highest BCUT2D eigenvalue weighted by Gasteiger charge is 2.23. The van der Waals surface area contributed by atoms with Crippen molar-refractivity contribution in [3.05, 3.63) is 95.1 Å². The van der Waals surface area contributed by atoms with Gasteiger partial charge in [-0.25, -0.2) is 0 Å². The second kappa shape index (κ2) is 9.17. The molecule has 1 amide bonds. The summed E-state index contributed by atoms with van der Waals surface area (Å²) in [5.41, 5.74) is 3.78. The number of benzene rings is 3. The minimum atomic E-state index is 0.0790. The third kappa shape index (κ3) is 4.61. The first-order valence-corrected chi connectivity index (χ1v) is 10.8. The summed E-state index contributed by atoms with van der Waals surface area (Å²) in [6.07, 6.45) is 0. The second-order valence-electron chi connectivity index (χ2n) is 7.95. The number of amides is 1. The second-order valence-corrected chi connectivity index (χ2v) is 7.95. The molecule has 2 heterocycles. The molecule has 1 fully saturated rings. The fraction of sp³-hybridized carbons (Fsp3) is 0.222. The molecule has 5 heteroatoms. The zero-order valence-corrected chi connectivity index (χ0v) is 17.8. The molecule has 2 aliphatic rings. The van der Waals surface area contributed by atoms with E-state index in [0.29, 0.717) is 12.4 Å². The van der Waals surface area contributed by atoms with Crippen molar-refractivity contribution in [1.82, 2.24) is 9.80 Å². The normalized spacial score (nSPS) is 15.2. The van der Waals surface area contributed by atoms with Gasteiger partial charge in [-0.05, 0) is 54.1 Å². The third-order valence-electron chi connectivity index (χ3n) is 5.76. The lowest BCUT2D eigenvalue weighted by molar-refractivity contribution is 0.0628. The van der Waals surface area contributed by atoms with E-state index in [1.54, 1.807) is 0 Å². The number of hydrogen-bond acceptors (Lipinski definition) is 4. The first kappa shape index (κ1) is 20.2. The molecule has 5 rings (SSSR count). The van der Waals surface area contributed by atoms with Gasteiger partial charge in [0.05, 0.1) is 0 Å². The van der Waals surface area contributed by atoms with Crippen LogP contribution in [-0.4, -0.2) is 48.7 Å². The predicted molar refractivity (Wildman–Crippen MR) is 123 cm³/mol. The Balaban J connectivity index is 1.15. The van der Waals surface area contributed by atoms with Crippen molar-refractivity contribution in [3.63, 3.8) is 0 Å². The number of fused-ring (bicyclic) bond motifs is 1. The number of carbonyl (C=O) groups is 1. The SMILES string of the molecule is O=C(c1ccc(C#Cc2ccccc2)cc1)N1CCN(Cc2ccc3c(c2)OCO3)CC1.